The van der Waals surface area contributed by atoms with Crippen molar-refractivity contribution in [3.63, 3.8) is 0 Å². The van der Waals surface area contributed by atoms with E-state index in [1.54, 1.807) is 30.3 Å². The van der Waals surface area contributed by atoms with E-state index < -0.39 is 18.0 Å². The number of carbonyl (C=O) groups is 2. The number of halogens is 2. The Morgan fingerprint density at radius 2 is 2.04 bits per heavy atom. The van der Waals surface area contributed by atoms with Crippen molar-refractivity contribution in [2.75, 3.05) is 13.2 Å². The van der Waals surface area contributed by atoms with Crippen LogP contribution in [-0.4, -0.2) is 31.1 Å². The van der Waals surface area contributed by atoms with Crippen LogP contribution in [0.1, 0.15) is 18.1 Å². The maximum Gasteiger partial charge on any atom is 0.313 e. The van der Waals surface area contributed by atoms with Gasteiger partial charge in [-0.05, 0) is 61.2 Å². The molecule has 0 unspecified atom stereocenters. The molecule has 5 nitrogen and oxygen atoms in total. The Hall–Kier alpha value is -2.60. The number of hydrogen-bond donors (Lipinski definition) is 1. The van der Waals surface area contributed by atoms with Crippen molar-refractivity contribution in [3.05, 3.63) is 64.4 Å². The Bertz CT molecular complexity index is 856. The van der Waals surface area contributed by atoms with Crippen molar-refractivity contribution < 1.29 is 23.5 Å². The van der Waals surface area contributed by atoms with E-state index in [-0.39, 0.29) is 18.3 Å². The van der Waals surface area contributed by atoms with Crippen molar-refractivity contribution in [2.45, 2.75) is 25.9 Å². The molecule has 1 heterocycles. The van der Waals surface area contributed by atoms with E-state index in [9.17, 15) is 14.0 Å². The van der Waals surface area contributed by atoms with E-state index in [1.807, 2.05) is 0 Å². The van der Waals surface area contributed by atoms with Crippen molar-refractivity contribution in [1.29, 1.82) is 0 Å². The molecule has 0 fully saturated rings. The van der Waals surface area contributed by atoms with Crippen LogP contribution in [0, 0.1) is 11.7 Å². The second-order valence-corrected chi connectivity index (χ2v) is 7.15. The van der Waals surface area contributed by atoms with E-state index in [0.717, 1.165) is 11.1 Å². The fourth-order valence-electron chi connectivity index (χ4n) is 2.96. The maximum absolute atomic E-state index is 12.9. The molecule has 0 radical (unpaired) electrons. The molecule has 0 saturated carbocycles. The summed E-state index contributed by atoms with van der Waals surface area (Å²) in [7, 11) is 0. The first-order chi connectivity index (χ1) is 13.4. The minimum absolute atomic E-state index is 0.201. The highest BCUT2D eigenvalue weighted by Crippen LogP contribution is 2.30. The van der Waals surface area contributed by atoms with Gasteiger partial charge in [0, 0.05) is 11.6 Å². The molecule has 1 amide bonds. The second-order valence-electron chi connectivity index (χ2n) is 6.71. The van der Waals surface area contributed by atoms with Crippen molar-refractivity contribution in [1.82, 2.24) is 5.32 Å². The summed E-state index contributed by atoms with van der Waals surface area (Å²) in [6, 6.07) is 11.4. The lowest BCUT2D eigenvalue weighted by atomic mass is 9.97. The van der Waals surface area contributed by atoms with Crippen LogP contribution in [0.2, 0.25) is 5.02 Å². The Morgan fingerprint density at radius 3 is 2.79 bits per heavy atom. The van der Waals surface area contributed by atoms with Crippen molar-refractivity contribution in [3.8, 4) is 5.75 Å². The molecule has 0 aliphatic carbocycles. The zero-order chi connectivity index (χ0) is 20.1. The molecule has 3 rings (SSSR count). The average molecular weight is 406 g/mol. The van der Waals surface area contributed by atoms with E-state index >= 15 is 0 Å². The normalized spacial score (nSPS) is 16.5. The van der Waals surface area contributed by atoms with Crippen LogP contribution in [-0.2, 0) is 27.2 Å². The lowest BCUT2D eigenvalue weighted by Crippen LogP contribution is -2.39. The van der Waals surface area contributed by atoms with Gasteiger partial charge in [0.25, 0.3) is 5.91 Å². The van der Waals surface area contributed by atoms with E-state index in [2.05, 4.69) is 5.32 Å². The lowest BCUT2D eigenvalue weighted by molar-refractivity contribution is -0.160. The number of ether oxygens (including phenoxy) is 2. The highest BCUT2D eigenvalue weighted by Gasteiger charge is 2.29. The third-order valence-electron chi connectivity index (χ3n) is 4.55. The van der Waals surface area contributed by atoms with Gasteiger partial charge in [-0.25, -0.2) is 4.39 Å². The van der Waals surface area contributed by atoms with Crippen LogP contribution < -0.4 is 10.1 Å². The number of benzene rings is 2. The zero-order valence-corrected chi connectivity index (χ0v) is 16.2. The summed E-state index contributed by atoms with van der Waals surface area (Å²) >= 11 is 5.99. The van der Waals surface area contributed by atoms with Crippen LogP contribution >= 0.6 is 11.6 Å². The van der Waals surface area contributed by atoms with Crippen molar-refractivity contribution in [2.24, 2.45) is 5.92 Å². The molecule has 0 spiro atoms. The van der Waals surface area contributed by atoms with Crippen LogP contribution in [0.3, 0.4) is 0 Å². The van der Waals surface area contributed by atoms with Gasteiger partial charge in [-0.1, -0.05) is 23.7 Å². The topological polar surface area (TPSA) is 64.6 Å². The first-order valence-electron chi connectivity index (χ1n) is 9.06. The van der Waals surface area contributed by atoms with Crippen LogP contribution in [0.4, 0.5) is 4.39 Å². The van der Waals surface area contributed by atoms with E-state index in [0.29, 0.717) is 30.2 Å². The molecule has 0 saturated heterocycles. The summed E-state index contributed by atoms with van der Waals surface area (Å²) in [5.74, 6) is -0.937. The quantitative estimate of drug-likeness (QED) is 0.749. The Kier molecular flexibility index (Phi) is 6.52. The molecular formula is C21H21ClFNO4. The van der Waals surface area contributed by atoms with E-state index in [1.165, 1.54) is 19.1 Å². The Labute approximate surface area is 167 Å². The van der Waals surface area contributed by atoms with Gasteiger partial charge in [-0.15, -0.1) is 0 Å². The summed E-state index contributed by atoms with van der Waals surface area (Å²) in [5.41, 5.74) is 1.75. The molecule has 2 aromatic carbocycles. The molecule has 28 heavy (non-hydrogen) atoms. The summed E-state index contributed by atoms with van der Waals surface area (Å²) in [6.07, 6.45) is 0.0930. The maximum atomic E-state index is 12.9. The van der Waals surface area contributed by atoms with Gasteiger partial charge >= 0.3 is 5.97 Å². The monoisotopic (exact) mass is 405 g/mol. The van der Waals surface area contributed by atoms with Gasteiger partial charge in [0.2, 0.25) is 0 Å². The molecular weight excluding hydrogens is 385 g/mol. The van der Waals surface area contributed by atoms with E-state index in [4.69, 9.17) is 21.1 Å². The Morgan fingerprint density at radius 1 is 1.29 bits per heavy atom. The number of carbonyl (C=O) groups excluding carboxylic acids is 2. The predicted octanol–water partition coefficient (Wildman–Crippen LogP) is 3.32. The minimum Gasteiger partial charge on any atom is -0.492 e. The SMILES string of the molecule is C[C@@H](OC(=O)[C@H]1COc2ccc(Cl)cc2C1)C(=O)NCCc1ccc(F)cc1. The summed E-state index contributed by atoms with van der Waals surface area (Å²) in [6.45, 7) is 2.09. The highest BCUT2D eigenvalue weighted by atomic mass is 35.5. The van der Waals surface area contributed by atoms with Crippen LogP contribution in [0.15, 0.2) is 42.5 Å². The van der Waals surface area contributed by atoms with Crippen molar-refractivity contribution >= 4 is 23.5 Å². The molecule has 2 aromatic rings. The first-order valence-corrected chi connectivity index (χ1v) is 9.44. The summed E-state index contributed by atoms with van der Waals surface area (Å²) in [5, 5.41) is 3.29. The number of rotatable bonds is 6. The zero-order valence-electron chi connectivity index (χ0n) is 15.4. The number of nitrogens with one attached hydrogen (secondary N) is 1. The van der Waals surface area contributed by atoms with Gasteiger partial charge in [-0.3, -0.25) is 9.59 Å². The number of hydrogen-bond acceptors (Lipinski definition) is 4. The van der Waals surface area contributed by atoms with Gasteiger partial charge in [0.15, 0.2) is 6.10 Å². The fraction of sp³-hybridized carbons (Fsp3) is 0.333. The Balaban J connectivity index is 1.45. The van der Waals surface area contributed by atoms with Gasteiger partial charge in [0.05, 0.1) is 5.92 Å². The average Bonchev–Trinajstić information content (AvgIpc) is 2.68. The molecule has 0 aromatic heterocycles. The third kappa shape index (κ3) is 5.23. The van der Waals surface area contributed by atoms with Gasteiger partial charge in [0.1, 0.15) is 18.2 Å². The first kappa shape index (κ1) is 20.1. The minimum atomic E-state index is -0.915. The molecule has 0 bridgehead atoms. The second kappa shape index (κ2) is 9.06. The largest absolute Gasteiger partial charge is 0.492 e. The van der Waals surface area contributed by atoms with Crippen LogP contribution in [0.25, 0.3) is 0 Å². The summed E-state index contributed by atoms with van der Waals surface area (Å²) in [4.78, 5) is 24.5. The molecule has 148 valence electrons. The van der Waals surface area contributed by atoms with Gasteiger partial charge in [-0.2, -0.15) is 0 Å². The molecule has 7 heteroatoms. The van der Waals surface area contributed by atoms with Crippen LogP contribution in [0.5, 0.6) is 5.75 Å². The molecule has 1 aliphatic heterocycles. The summed E-state index contributed by atoms with van der Waals surface area (Å²) < 4.78 is 23.8. The van der Waals surface area contributed by atoms with Gasteiger partial charge < -0.3 is 14.8 Å². The standard InChI is InChI=1S/C21H21ClFNO4/c1-13(20(25)24-9-8-14-2-5-18(23)6-3-14)28-21(26)16-10-15-11-17(22)4-7-19(15)27-12-16/h2-7,11,13,16H,8-10,12H2,1H3,(H,24,25)/t13-,16-/m1/s1. The smallest absolute Gasteiger partial charge is 0.313 e. The highest BCUT2D eigenvalue weighted by molar-refractivity contribution is 6.30. The molecule has 1 aliphatic rings. The number of fused-ring (bicyclic) bond motifs is 1. The molecule has 2 atom stereocenters. The number of amides is 1. The fourth-order valence-corrected chi connectivity index (χ4v) is 3.16. The lowest BCUT2D eigenvalue weighted by Gasteiger charge is -2.25. The number of esters is 1. The molecule has 1 N–H and O–H groups in total. The predicted molar refractivity (Wildman–Crippen MR) is 103 cm³/mol. The third-order valence-corrected chi connectivity index (χ3v) is 4.79.